The van der Waals surface area contributed by atoms with Crippen molar-refractivity contribution in [3.63, 3.8) is 0 Å². The molecule has 1 aliphatic heterocycles. The Morgan fingerprint density at radius 2 is 1.73 bits per heavy atom. The lowest BCUT2D eigenvalue weighted by Gasteiger charge is -2.26. The molecule has 1 N–H and O–H groups in total. The second-order valence-corrected chi connectivity index (χ2v) is 8.35. The maximum atomic E-state index is 12.9. The number of amides is 1. The van der Waals surface area contributed by atoms with Gasteiger partial charge in [-0.2, -0.15) is 0 Å². The van der Waals surface area contributed by atoms with Crippen molar-refractivity contribution in [2.75, 3.05) is 34.3 Å². The summed E-state index contributed by atoms with van der Waals surface area (Å²) in [5.74, 6) is -0.748. The van der Waals surface area contributed by atoms with E-state index in [4.69, 9.17) is 4.74 Å². The summed E-state index contributed by atoms with van der Waals surface area (Å²) in [6, 6.07) is 13.6. The van der Waals surface area contributed by atoms with E-state index in [1.807, 2.05) is 31.1 Å². The number of carbonyl (C=O) groups is 2. The zero-order valence-corrected chi connectivity index (χ0v) is 18.8. The molecule has 2 aromatic rings. The molecule has 1 heterocycles. The van der Waals surface area contributed by atoms with Crippen LogP contribution in [0.1, 0.15) is 23.6 Å². The van der Waals surface area contributed by atoms with Gasteiger partial charge >= 0.3 is 0 Å². The van der Waals surface area contributed by atoms with Gasteiger partial charge in [0.05, 0.1) is 18.7 Å². The predicted octanol–water partition coefficient (Wildman–Crippen LogP) is 3.83. The Labute approximate surface area is 184 Å². The van der Waals surface area contributed by atoms with Crippen LogP contribution in [0.3, 0.4) is 0 Å². The fourth-order valence-electron chi connectivity index (χ4n) is 3.56. The lowest BCUT2D eigenvalue weighted by atomic mass is 9.95. The van der Waals surface area contributed by atoms with Crippen molar-refractivity contribution in [3.05, 3.63) is 69.7 Å². The molecule has 6 nitrogen and oxygen atoms in total. The van der Waals surface area contributed by atoms with Crippen LogP contribution >= 0.6 is 15.9 Å². The number of benzene rings is 2. The number of ketones is 1. The zero-order chi connectivity index (χ0) is 21.8. The number of methoxy groups -OCH3 is 1. The number of carbonyl (C=O) groups excluding carboxylic acids is 2. The first kappa shape index (κ1) is 22.1. The third kappa shape index (κ3) is 4.57. The highest BCUT2D eigenvalue weighted by atomic mass is 79.9. The molecule has 0 bridgehead atoms. The molecule has 0 spiro atoms. The smallest absolute Gasteiger partial charge is 0.295 e. The van der Waals surface area contributed by atoms with E-state index >= 15 is 0 Å². The van der Waals surface area contributed by atoms with Crippen molar-refractivity contribution in [1.29, 1.82) is 0 Å². The van der Waals surface area contributed by atoms with Crippen LogP contribution in [-0.4, -0.2) is 60.9 Å². The number of hydrogen-bond acceptors (Lipinski definition) is 5. The first-order valence-corrected chi connectivity index (χ1v) is 10.5. The van der Waals surface area contributed by atoms with E-state index in [1.165, 1.54) is 0 Å². The third-order valence-corrected chi connectivity index (χ3v) is 5.62. The largest absolute Gasteiger partial charge is 0.507 e. The minimum atomic E-state index is -0.666. The topological polar surface area (TPSA) is 70.1 Å². The van der Waals surface area contributed by atoms with Crippen LogP contribution in [0, 0.1) is 0 Å². The van der Waals surface area contributed by atoms with Crippen LogP contribution in [0.4, 0.5) is 0 Å². The summed E-state index contributed by atoms with van der Waals surface area (Å²) in [5, 5.41) is 11.0. The van der Waals surface area contributed by atoms with Gasteiger partial charge in [0.15, 0.2) is 0 Å². The Morgan fingerprint density at radius 1 is 1.10 bits per heavy atom. The normalized spacial score (nSPS) is 18.3. The Balaban J connectivity index is 2.07. The van der Waals surface area contributed by atoms with Gasteiger partial charge in [-0.15, -0.1) is 0 Å². The SMILES string of the molecule is COc1ccc(C2C(=C(O)c3ccc(Br)cc3)C(=O)C(=O)N2CCCN(C)C)cc1. The van der Waals surface area contributed by atoms with E-state index < -0.39 is 17.7 Å². The molecule has 30 heavy (non-hydrogen) atoms. The fraction of sp³-hybridized carbons (Fsp3) is 0.304. The molecule has 158 valence electrons. The van der Waals surface area contributed by atoms with Crippen molar-refractivity contribution in [1.82, 2.24) is 9.80 Å². The summed E-state index contributed by atoms with van der Waals surface area (Å²) >= 11 is 3.37. The van der Waals surface area contributed by atoms with Crippen LogP contribution in [0.15, 0.2) is 58.6 Å². The highest BCUT2D eigenvalue weighted by Crippen LogP contribution is 2.40. The number of hydrogen-bond donors (Lipinski definition) is 1. The van der Waals surface area contributed by atoms with Crippen LogP contribution < -0.4 is 4.74 Å². The summed E-state index contributed by atoms with van der Waals surface area (Å²) in [4.78, 5) is 29.4. The molecule has 0 aromatic heterocycles. The maximum absolute atomic E-state index is 12.9. The van der Waals surface area contributed by atoms with E-state index in [1.54, 1.807) is 48.4 Å². The molecule has 3 rings (SSSR count). The van der Waals surface area contributed by atoms with Crippen molar-refractivity contribution < 1.29 is 19.4 Å². The molecule has 1 aliphatic rings. The number of nitrogens with zero attached hydrogens (tertiary/aromatic N) is 2. The molecule has 7 heteroatoms. The molecule has 1 saturated heterocycles. The van der Waals surface area contributed by atoms with Crippen LogP contribution in [0.25, 0.3) is 5.76 Å². The standard InChI is InChI=1S/C23H25BrN2O4/c1-25(2)13-4-14-26-20(15-7-11-18(30-3)12-8-15)19(22(28)23(26)29)21(27)16-5-9-17(24)10-6-16/h5-12,20,27H,4,13-14H2,1-3H3. The highest BCUT2D eigenvalue weighted by Gasteiger charge is 2.45. The Morgan fingerprint density at radius 3 is 2.30 bits per heavy atom. The van der Waals surface area contributed by atoms with Gasteiger partial charge in [-0.1, -0.05) is 40.2 Å². The summed E-state index contributed by atoms with van der Waals surface area (Å²) in [6.07, 6.45) is 0.713. The van der Waals surface area contributed by atoms with Crippen LogP contribution in [0.2, 0.25) is 0 Å². The zero-order valence-electron chi connectivity index (χ0n) is 17.3. The molecular formula is C23H25BrN2O4. The monoisotopic (exact) mass is 472 g/mol. The first-order chi connectivity index (χ1) is 14.3. The second-order valence-electron chi connectivity index (χ2n) is 7.43. The highest BCUT2D eigenvalue weighted by molar-refractivity contribution is 9.10. The third-order valence-electron chi connectivity index (χ3n) is 5.09. The molecule has 1 fully saturated rings. The Kier molecular flexibility index (Phi) is 6.95. The number of likely N-dealkylation sites (tertiary alicyclic amines) is 1. The quantitative estimate of drug-likeness (QED) is 0.376. The molecule has 1 unspecified atom stereocenters. The van der Waals surface area contributed by atoms with Crippen molar-refractivity contribution in [2.45, 2.75) is 12.5 Å². The molecule has 0 aliphatic carbocycles. The van der Waals surface area contributed by atoms with Gasteiger partial charge in [-0.05, 0) is 56.9 Å². The van der Waals surface area contributed by atoms with Gasteiger partial charge in [0.2, 0.25) is 0 Å². The molecule has 2 aromatic carbocycles. The molecule has 1 amide bonds. The van der Waals surface area contributed by atoms with Crippen molar-refractivity contribution in [2.24, 2.45) is 0 Å². The van der Waals surface area contributed by atoms with E-state index in [9.17, 15) is 14.7 Å². The average molecular weight is 473 g/mol. The van der Waals surface area contributed by atoms with E-state index in [2.05, 4.69) is 15.9 Å². The summed E-state index contributed by atoms with van der Waals surface area (Å²) in [6.45, 7) is 1.20. The van der Waals surface area contributed by atoms with E-state index in [0.29, 0.717) is 24.3 Å². The van der Waals surface area contributed by atoms with Gasteiger partial charge in [0, 0.05) is 16.6 Å². The Bertz CT molecular complexity index is 952. The summed E-state index contributed by atoms with van der Waals surface area (Å²) < 4.78 is 6.08. The van der Waals surface area contributed by atoms with Gasteiger partial charge < -0.3 is 19.6 Å². The Hall–Kier alpha value is -2.64. The minimum Gasteiger partial charge on any atom is -0.507 e. The van der Waals surface area contributed by atoms with Crippen LogP contribution in [-0.2, 0) is 9.59 Å². The minimum absolute atomic E-state index is 0.109. The van der Waals surface area contributed by atoms with E-state index in [0.717, 1.165) is 16.6 Å². The number of aliphatic hydroxyl groups excluding tert-OH is 1. The van der Waals surface area contributed by atoms with Crippen molar-refractivity contribution in [3.8, 4) is 5.75 Å². The molecular weight excluding hydrogens is 448 g/mol. The molecule has 1 atom stereocenters. The fourth-order valence-corrected chi connectivity index (χ4v) is 3.83. The van der Waals surface area contributed by atoms with Gasteiger partial charge in [0.1, 0.15) is 11.5 Å². The molecule has 0 saturated carbocycles. The van der Waals surface area contributed by atoms with Crippen molar-refractivity contribution >= 4 is 33.4 Å². The lowest BCUT2D eigenvalue weighted by Crippen LogP contribution is -2.32. The average Bonchev–Trinajstić information content (AvgIpc) is 2.98. The number of aliphatic hydroxyl groups is 1. The van der Waals surface area contributed by atoms with Crippen LogP contribution in [0.5, 0.6) is 5.75 Å². The summed E-state index contributed by atoms with van der Waals surface area (Å²) in [5.41, 5.74) is 1.35. The molecule has 0 radical (unpaired) electrons. The predicted molar refractivity (Wildman–Crippen MR) is 119 cm³/mol. The maximum Gasteiger partial charge on any atom is 0.295 e. The lowest BCUT2D eigenvalue weighted by molar-refractivity contribution is -0.139. The summed E-state index contributed by atoms with van der Waals surface area (Å²) in [7, 11) is 5.50. The van der Waals surface area contributed by atoms with Gasteiger partial charge in [-0.25, -0.2) is 0 Å². The van der Waals surface area contributed by atoms with Gasteiger partial charge in [0.25, 0.3) is 11.7 Å². The van der Waals surface area contributed by atoms with Gasteiger partial charge in [-0.3, -0.25) is 9.59 Å². The van der Waals surface area contributed by atoms with E-state index in [-0.39, 0.29) is 11.3 Å². The first-order valence-electron chi connectivity index (χ1n) is 9.66. The number of halogens is 1. The second kappa shape index (κ2) is 9.45. The number of rotatable bonds is 7. The number of Topliss-reactive ketones (excluding diaryl/α,β-unsaturated/α-hetero) is 1. The number of ether oxygens (including phenoxy) is 1.